The molecule has 1 aromatic carbocycles. The normalized spacial score (nSPS) is 29.0. The Bertz CT molecular complexity index is 471. The molecule has 4 nitrogen and oxygen atoms in total. The Morgan fingerprint density at radius 3 is 2.95 bits per heavy atom. The van der Waals surface area contributed by atoms with E-state index in [1.54, 1.807) is 7.11 Å². The van der Waals surface area contributed by atoms with Crippen molar-refractivity contribution >= 4 is 0 Å². The zero-order chi connectivity index (χ0) is 14.7. The summed E-state index contributed by atoms with van der Waals surface area (Å²) in [6, 6.07) is 6.09. The van der Waals surface area contributed by atoms with Gasteiger partial charge in [0.15, 0.2) is 0 Å². The summed E-state index contributed by atoms with van der Waals surface area (Å²) in [7, 11) is 1.70. The maximum Gasteiger partial charge on any atom is 0.119 e. The van der Waals surface area contributed by atoms with E-state index < -0.39 is 0 Å². The van der Waals surface area contributed by atoms with Crippen LogP contribution in [0.5, 0.6) is 5.75 Å². The van der Waals surface area contributed by atoms with Crippen LogP contribution in [0.15, 0.2) is 18.2 Å². The van der Waals surface area contributed by atoms with E-state index in [1.165, 1.54) is 24.0 Å². The molecule has 0 radical (unpaired) electrons. The second-order valence-electron chi connectivity index (χ2n) is 5.99. The van der Waals surface area contributed by atoms with Gasteiger partial charge in [0.25, 0.3) is 0 Å². The molecule has 0 bridgehead atoms. The van der Waals surface area contributed by atoms with Crippen molar-refractivity contribution in [2.24, 2.45) is 5.73 Å². The first-order valence-corrected chi connectivity index (χ1v) is 7.93. The summed E-state index contributed by atoms with van der Waals surface area (Å²) < 4.78 is 17.1. The van der Waals surface area contributed by atoms with E-state index in [0.717, 1.165) is 31.6 Å². The van der Waals surface area contributed by atoms with Crippen molar-refractivity contribution in [1.29, 1.82) is 0 Å². The van der Waals surface area contributed by atoms with Crippen molar-refractivity contribution in [3.63, 3.8) is 0 Å². The highest BCUT2D eigenvalue weighted by atomic mass is 16.5. The molecule has 2 aliphatic rings. The van der Waals surface area contributed by atoms with Gasteiger partial charge in [0.2, 0.25) is 0 Å². The summed E-state index contributed by atoms with van der Waals surface area (Å²) >= 11 is 0. The average molecular weight is 291 g/mol. The van der Waals surface area contributed by atoms with Crippen molar-refractivity contribution in [3.05, 3.63) is 29.3 Å². The number of hydrogen-bond acceptors (Lipinski definition) is 4. The lowest BCUT2D eigenvalue weighted by Crippen LogP contribution is -2.36. The summed E-state index contributed by atoms with van der Waals surface area (Å²) in [5, 5.41) is 0. The lowest BCUT2D eigenvalue weighted by Gasteiger charge is -2.33. The molecule has 3 unspecified atom stereocenters. The minimum absolute atomic E-state index is 0.0525. The Balaban J connectivity index is 1.60. The van der Waals surface area contributed by atoms with Gasteiger partial charge in [-0.3, -0.25) is 0 Å². The van der Waals surface area contributed by atoms with Crippen LogP contribution in [-0.4, -0.2) is 32.5 Å². The molecule has 0 amide bonds. The van der Waals surface area contributed by atoms with Crippen LogP contribution in [0.4, 0.5) is 0 Å². The summed E-state index contributed by atoms with van der Waals surface area (Å²) in [4.78, 5) is 0. The van der Waals surface area contributed by atoms with Crippen LogP contribution in [0.1, 0.15) is 42.9 Å². The SMILES string of the molecule is COc1ccc2c(c1)CCC(OCC1CCCCO1)C2N. The van der Waals surface area contributed by atoms with Gasteiger partial charge in [-0.2, -0.15) is 0 Å². The topological polar surface area (TPSA) is 53.7 Å². The Morgan fingerprint density at radius 1 is 1.29 bits per heavy atom. The minimum atomic E-state index is -0.0525. The summed E-state index contributed by atoms with van der Waals surface area (Å²) in [5.41, 5.74) is 8.87. The Labute approximate surface area is 126 Å². The molecule has 116 valence electrons. The predicted molar refractivity (Wildman–Crippen MR) is 81.6 cm³/mol. The number of hydrogen-bond donors (Lipinski definition) is 1. The number of nitrogens with two attached hydrogens (primary N) is 1. The second-order valence-corrected chi connectivity index (χ2v) is 5.99. The van der Waals surface area contributed by atoms with Crippen molar-refractivity contribution in [2.75, 3.05) is 20.3 Å². The number of ether oxygens (including phenoxy) is 3. The third kappa shape index (κ3) is 3.39. The molecule has 21 heavy (non-hydrogen) atoms. The molecule has 4 heteroatoms. The Hall–Kier alpha value is -1.10. The molecule has 0 saturated carbocycles. The van der Waals surface area contributed by atoms with E-state index in [9.17, 15) is 0 Å². The molecule has 1 aliphatic heterocycles. The first kappa shape index (κ1) is 14.8. The first-order valence-electron chi connectivity index (χ1n) is 7.93. The molecule has 0 aromatic heterocycles. The zero-order valence-electron chi connectivity index (χ0n) is 12.7. The van der Waals surface area contributed by atoms with Crippen molar-refractivity contribution in [1.82, 2.24) is 0 Å². The second kappa shape index (κ2) is 6.77. The van der Waals surface area contributed by atoms with Crippen LogP contribution in [0.25, 0.3) is 0 Å². The van der Waals surface area contributed by atoms with Crippen molar-refractivity contribution < 1.29 is 14.2 Å². The van der Waals surface area contributed by atoms with Gasteiger partial charge in [-0.15, -0.1) is 0 Å². The lowest BCUT2D eigenvalue weighted by atomic mass is 9.86. The number of aryl methyl sites for hydroxylation is 1. The molecule has 1 fully saturated rings. The molecule has 1 heterocycles. The van der Waals surface area contributed by atoms with Gasteiger partial charge in [-0.05, 0) is 55.4 Å². The number of benzene rings is 1. The highest BCUT2D eigenvalue weighted by Crippen LogP contribution is 2.32. The van der Waals surface area contributed by atoms with E-state index in [2.05, 4.69) is 12.1 Å². The van der Waals surface area contributed by atoms with Gasteiger partial charge in [-0.1, -0.05) is 6.07 Å². The molecular weight excluding hydrogens is 266 g/mol. The largest absolute Gasteiger partial charge is 0.497 e. The summed E-state index contributed by atoms with van der Waals surface area (Å²) in [6.07, 6.45) is 5.84. The molecule has 0 spiro atoms. The van der Waals surface area contributed by atoms with Crippen LogP contribution in [0.2, 0.25) is 0 Å². The Morgan fingerprint density at radius 2 is 2.19 bits per heavy atom. The van der Waals surface area contributed by atoms with Crippen molar-refractivity contribution in [3.8, 4) is 5.75 Å². The van der Waals surface area contributed by atoms with Crippen LogP contribution in [0, 0.1) is 0 Å². The molecule has 3 atom stereocenters. The Kier molecular flexibility index (Phi) is 4.78. The van der Waals surface area contributed by atoms with Crippen LogP contribution < -0.4 is 10.5 Å². The van der Waals surface area contributed by atoms with Gasteiger partial charge >= 0.3 is 0 Å². The number of methoxy groups -OCH3 is 1. The molecule has 1 aliphatic carbocycles. The fraction of sp³-hybridized carbons (Fsp3) is 0.647. The van der Waals surface area contributed by atoms with Gasteiger partial charge in [-0.25, -0.2) is 0 Å². The monoisotopic (exact) mass is 291 g/mol. The van der Waals surface area contributed by atoms with Crippen LogP contribution in [0.3, 0.4) is 0 Å². The lowest BCUT2D eigenvalue weighted by molar-refractivity contribution is -0.0714. The molecule has 1 aromatic rings. The van der Waals surface area contributed by atoms with Gasteiger partial charge in [0.05, 0.1) is 32.0 Å². The van der Waals surface area contributed by atoms with E-state index >= 15 is 0 Å². The molecule has 3 rings (SSSR count). The van der Waals surface area contributed by atoms with E-state index in [4.69, 9.17) is 19.9 Å². The highest BCUT2D eigenvalue weighted by molar-refractivity contribution is 5.39. The predicted octanol–water partition coefficient (Wildman–Crippen LogP) is 2.60. The zero-order valence-corrected chi connectivity index (χ0v) is 12.7. The van der Waals surface area contributed by atoms with Crippen LogP contribution >= 0.6 is 0 Å². The quantitative estimate of drug-likeness (QED) is 0.926. The fourth-order valence-corrected chi connectivity index (χ4v) is 3.29. The first-order chi connectivity index (χ1) is 10.3. The van der Waals surface area contributed by atoms with E-state index in [-0.39, 0.29) is 18.2 Å². The van der Waals surface area contributed by atoms with Gasteiger partial charge < -0.3 is 19.9 Å². The van der Waals surface area contributed by atoms with Crippen molar-refractivity contribution in [2.45, 2.75) is 50.4 Å². The molecular formula is C17H25NO3. The third-order valence-corrected chi connectivity index (χ3v) is 4.58. The van der Waals surface area contributed by atoms with E-state index in [1.807, 2.05) is 6.07 Å². The van der Waals surface area contributed by atoms with E-state index in [0.29, 0.717) is 6.61 Å². The summed E-state index contributed by atoms with van der Waals surface area (Å²) in [5.74, 6) is 0.899. The standard InChI is InChI=1S/C17H25NO3/c1-19-13-6-7-15-12(10-13)5-8-16(17(15)18)21-11-14-4-2-3-9-20-14/h6-7,10,14,16-17H,2-5,8-9,11,18H2,1H3. The van der Waals surface area contributed by atoms with Gasteiger partial charge in [0, 0.05) is 6.61 Å². The maximum atomic E-state index is 6.39. The fourth-order valence-electron chi connectivity index (χ4n) is 3.29. The van der Waals surface area contributed by atoms with Crippen LogP contribution in [-0.2, 0) is 15.9 Å². The number of fused-ring (bicyclic) bond motifs is 1. The average Bonchev–Trinajstić information content (AvgIpc) is 2.55. The molecule has 2 N–H and O–H groups in total. The van der Waals surface area contributed by atoms with Gasteiger partial charge in [0.1, 0.15) is 5.75 Å². The summed E-state index contributed by atoms with van der Waals surface area (Å²) in [6.45, 7) is 1.54. The molecule has 1 saturated heterocycles. The smallest absolute Gasteiger partial charge is 0.119 e. The maximum absolute atomic E-state index is 6.39. The number of rotatable bonds is 4. The minimum Gasteiger partial charge on any atom is -0.497 e. The highest BCUT2D eigenvalue weighted by Gasteiger charge is 2.28. The third-order valence-electron chi connectivity index (χ3n) is 4.58.